The first-order chi connectivity index (χ1) is 8.61. The minimum atomic E-state index is -0.468. The summed E-state index contributed by atoms with van der Waals surface area (Å²) in [7, 11) is 0. The van der Waals surface area contributed by atoms with Gasteiger partial charge < -0.3 is 5.73 Å². The topological polar surface area (TPSA) is 106 Å². The Bertz CT molecular complexity index is 630. The Hall–Kier alpha value is -2.11. The van der Waals surface area contributed by atoms with Crippen LogP contribution in [-0.2, 0) is 0 Å². The number of nitrogens with two attached hydrogens (primary N) is 1. The molecule has 0 amide bonds. The normalized spacial score (nSPS) is 9.94. The summed E-state index contributed by atoms with van der Waals surface area (Å²) >= 11 is 2.19. The number of nitriles is 1. The van der Waals surface area contributed by atoms with Gasteiger partial charge in [0, 0.05) is 29.5 Å². The van der Waals surface area contributed by atoms with E-state index < -0.39 is 4.92 Å². The molecule has 1 aromatic carbocycles. The largest absolute Gasteiger partial charge is 0.375 e. The van der Waals surface area contributed by atoms with Crippen LogP contribution in [0.3, 0.4) is 0 Å². The van der Waals surface area contributed by atoms with E-state index in [1.807, 2.05) is 5.40 Å². The molecule has 18 heavy (non-hydrogen) atoms. The molecular weight excluding hydrogens is 272 g/mol. The number of non-ortho nitro benzene ring substituents is 1. The number of nitro groups is 1. The molecule has 1 heterocycles. The molecule has 0 unspecified atom stereocenters. The highest BCUT2D eigenvalue weighted by Gasteiger charge is 2.13. The second kappa shape index (κ2) is 5.03. The molecule has 0 saturated carbocycles. The van der Waals surface area contributed by atoms with Gasteiger partial charge in [-0.3, -0.25) is 10.1 Å². The van der Waals surface area contributed by atoms with Gasteiger partial charge >= 0.3 is 0 Å². The number of thioether (sulfide) groups is 1. The number of anilines is 1. The van der Waals surface area contributed by atoms with Crippen LogP contribution in [0.2, 0.25) is 0 Å². The Morgan fingerprint density at radius 2 is 2.11 bits per heavy atom. The number of thiocyanates is 1. The zero-order valence-corrected chi connectivity index (χ0v) is 10.5. The fraction of sp³-hybridized carbons (Fsp3) is 0. The van der Waals surface area contributed by atoms with E-state index in [2.05, 4.69) is 4.98 Å². The van der Waals surface area contributed by atoms with Crippen molar-refractivity contribution < 1.29 is 4.92 Å². The first-order valence-corrected chi connectivity index (χ1v) is 6.32. The highest BCUT2D eigenvalue weighted by Crippen LogP contribution is 2.37. The van der Waals surface area contributed by atoms with Gasteiger partial charge in [-0.05, 0) is 12.1 Å². The average molecular weight is 278 g/mol. The molecule has 0 atom stereocenters. The Kier molecular flexibility index (Phi) is 3.45. The Morgan fingerprint density at radius 3 is 2.67 bits per heavy atom. The molecular formula is C10H6N4O2S2. The molecule has 2 N–H and O–H groups in total. The van der Waals surface area contributed by atoms with E-state index in [-0.39, 0.29) is 5.69 Å². The lowest BCUT2D eigenvalue weighted by molar-refractivity contribution is -0.384. The predicted molar refractivity (Wildman–Crippen MR) is 70.1 cm³/mol. The van der Waals surface area contributed by atoms with Crippen molar-refractivity contribution in [3.63, 3.8) is 0 Å². The van der Waals surface area contributed by atoms with E-state index in [0.29, 0.717) is 20.6 Å². The maximum Gasteiger partial charge on any atom is 0.269 e. The van der Waals surface area contributed by atoms with Crippen molar-refractivity contribution in [2.75, 3.05) is 5.73 Å². The molecule has 2 aromatic rings. The van der Waals surface area contributed by atoms with Crippen LogP contribution in [0.25, 0.3) is 11.3 Å². The Balaban J connectivity index is 2.42. The second-order valence-corrected chi connectivity index (χ2v) is 5.27. The SMILES string of the molecule is N#CSc1sc(N)nc1-c1ccc([N+](=O)[O-])cc1. The van der Waals surface area contributed by atoms with Gasteiger partial charge in [0.25, 0.3) is 5.69 Å². The smallest absolute Gasteiger partial charge is 0.269 e. The van der Waals surface area contributed by atoms with Crippen molar-refractivity contribution in [2.24, 2.45) is 0 Å². The van der Waals surface area contributed by atoms with Crippen LogP contribution >= 0.6 is 23.1 Å². The third-order valence-electron chi connectivity index (χ3n) is 2.10. The van der Waals surface area contributed by atoms with E-state index in [1.165, 1.54) is 23.5 Å². The van der Waals surface area contributed by atoms with Crippen molar-refractivity contribution in [3.8, 4) is 16.7 Å². The summed E-state index contributed by atoms with van der Waals surface area (Å²) < 4.78 is 0.684. The number of rotatable bonds is 3. The number of hydrogen-bond acceptors (Lipinski definition) is 7. The lowest BCUT2D eigenvalue weighted by Gasteiger charge is -1.98. The first kappa shape index (κ1) is 12.3. The highest BCUT2D eigenvalue weighted by atomic mass is 32.2. The van der Waals surface area contributed by atoms with Gasteiger partial charge in [0.05, 0.1) is 10.6 Å². The van der Waals surface area contributed by atoms with E-state index in [0.717, 1.165) is 11.8 Å². The van der Waals surface area contributed by atoms with Crippen molar-refractivity contribution in [1.29, 1.82) is 5.26 Å². The molecule has 1 aromatic heterocycles. The molecule has 2 rings (SSSR count). The maximum absolute atomic E-state index is 10.5. The van der Waals surface area contributed by atoms with Crippen LogP contribution in [0.5, 0.6) is 0 Å². The number of nitro benzene ring substituents is 1. The van der Waals surface area contributed by atoms with Gasteiger partial charge in [-0.1, -0.05) is 11.3 Å². The highest BCUT2D eigenvalue weighted by molar-refractivity contribution is 8.05. The van der Waals surface area contributed by atoms with Gasteiger partial charge in [0.1, 0.15) is 9.61 Å². The van der Waals surface area contributed by atoms with Gasteiger partial charge in [-0.15, -0.1) is 0 Å². The summed E-state index contributed by atoms with van der Waals surface area (Å²) in [6.07, 6.45) is 0. The Labute approximate surface area is 110 Å². The van der Waals surface area contributed by atoms with Gasteiger partial charge in [-0.25, -0.2) is 4.98 Å². The van der Waals surface area contributed by atoms with E-state index in [4.69, 9.17) is 11.0 Å². The van der Waals surface area contributed by atoms with Crippen LogP contribution < -0.4 is 5.73 Å². The standard InChI is InChI=1S/C10H6N4O2S2/c11-5-17-9-8(13-10(12)18-9)6-1-3-7(4-2-6)14(15)16/h1-4H,(H2,12,13). The lowest BCUT2D eigenvalue weighted by Crippen LogP contribution is -1.88. The molecule has 0 bridgehead atoms. The third kappa shape index (κ3) is 2.42. The lowest BCUT2D eigenvalue weighted by atomic mass is 10.1. The molecule has 8 heteroatoms. The van der Waals surface area contributed by atoms with Gasteiger partial charge in [0.15, 0.2) is 5.13 Å². The summed E-state index contributed by atoms with van der Waals surface area (Å²) in [5.41, 5.74) is 6.89. The molecule has 0 aliphatic rings. The fourth-order valence-electron chi connectivity index (χ4n) is 1.36. The zero-order valence-electron chi connectivity index (χ0n) is 8.86. The Morgan fingerprint density at radius 1 is 1.44 bits per heavy atom. The van der Waals surface area contributed by atoms with Crippen molar-refractivity contribution in [3.05, 3.63) is 34.4 Å². The second-order valence-electron chi connectivity index (χ2n) is 3.19. The molecule has 0 spiro atoms. The number of aromatic nitrogens is 1. The average Bonchev–Trinajstić information content (AvgIpc) is 2.71. The summed E-state index contributed by atoms with van der Waals surface area (Å²) in [4.78, 5) is 14.2. The number of benzene rings is 1. The summed E-state index contributed by atoms with van der Waals surface area (Å²) in [5.74, 6) is 0. The van der Waals surface area contributed by atoms with Crippen LogP contribution in [0.4, 0.5) is 10.8 Å². The molecule has 0 aliphatic carbocycles. The van der Waals surface area contributed by atoms with Crippen molar-refractivity contribution >= 4 is 33.9 Å². The monoisotopic (exact) mass is 278 g/mol. The van der Waals surface area contributed by atoms with Crippen molar-refractivity contribution in [1.82, 2.24) is 4.98 Å². The van der Waals surface area contributed by atoms with Crippen molar-refractivity contribution in [2.45, 2.75) is 4.21 Å². The molecule has 0 radical (unpaired) electrons. The van der Waals surface area contributed by atoms with E-state index in [9.17, 15) is 10.1 Å². The predicted octanol–water partition coefficient (Wildman–Crippen LogP) is 2.87. The zero-order chi connectivity index (χ0) is 13.1. The summed E-state index contributed by atoms with van der Waals surface area (Å²) in [5, 5.41) is 21.5. The summed E-state index contributed by atoms with van der Waals surface area (Å²) in [6.45, 7) is 0. The maximum atomic E-state index is 10.5. The number of nitrogen functional groups attached to an aromatic ring is 1. The van der Waals surface area contributed by atoms with Gasteiger partial charge in [-0.2, -0.15) is 5.26 Å². The molecule has 0 aliphatic heterocycles. The minimum absolute atomic E-state index is 0.0106. The molecule has 6 nitrogen and oxygen atoms in total. The number of thiazole rings is 1. The summed E-state index contributed by atoms with van der Waals surface area (Å²) in [6, 6.07) is 5.97. The molecule has 90 valence electrons. The minimum Gasteiger partial charge on any atom is -0.375 e. The first-order valence-electron chi connectivity index (χ1n) is 4.69. The van der Waals surface area contributed by atoms with Crippen LogP contribution in [-0.4, -0.2) is 9.91 Å². The number of hydrogen-bond donors (Lipinski definition) is 1. The van der Waals surface area contributed by atoms with Crippen LogP contribution in [0.1, 0.15) is 0 Å². The fourth-order valence-corrected chi connectivity index (χ4v) is 2.82. The van der Waals surface area contributed by atoms with Gasteiger partial charge in [0.2, 0.25) is 0 Å². The number of nitrogens with zero attached hydrogens (tertiary/aromatic N) is 3. The molecule has 0 fully saturated rings. The van der Waals surface area contributed by atoms with Crippen LogP contribution in [0.15, 0.2) is 28.5 Å². The third-order valence-corrected chi connectivity index (χ3v) is 3.75. The van der Waals surface area contributed by atoms with Crippen LogP contribution in [0, 0.1) is 20.8 Å². The quantitative estimate of drug-likeness (QED) is 0.400. The molecule has 0 saturated heterocycles. The van der Waals surface area contributed by atoms with E-state index >= 15 is 0 Å². The van der Waals surface area contributed by atoms with E-state index in [1.54, 1.807) is 12.1 Å².